The molecule has 1 heterocycles. The van der Waals surface area contributed by atoms with Gasteiger partial charge in [-0.15, -0.1) is 0 Å². The Morgan fingerprint density at radius 2 is 2.20 bits per heavy atom. The highest BCUT2D eigenvalue weighted by atomic mass is 79.9. The molecule has 20 heavy (non-hydrogen) atoms. The molecule has 1 saturated heterocycles. The summed E-state index contributed by atoms with van der Waals surface area (Å²) in [6.07, 6.45) is 5.34. The number of methoxy groups -OCH3 is 1. The molecule has 1 aliphatic carbocycles. The zero-order valence-corrected chi connectivity index (χ0v) is 13.7. The van der Waals surface area contributed by atoms with Crippen molar-refractivity contribution in [2.24, 2.45) is 0 Å². The van der Waals surface area contributed by atoms with Crippen molar-refractivity contribution in [3.63, 3.8) is 0 Å². The fraction of sp³-hybridized carbons (Fsp3) is 0.625. The number of rotatable bonds is 6. The zero-order valence-electron chi connectivity index (χ0n) is 12.1. The molecule has 3 rings (SSSR count). The highest BCUT2D eigenvalue weighted by molar-refractivity contribution is 9.10. The fourth-order valence-electron chi connectivity index (χ4n) is 3.07. The molecule has 3 nitrogen and oxygen atoms in total. The molecule has 2 aliphatic rings. The molecule has 0 amide bonds. The molecule has 1 N–H and O–H groups in total. The summed E-state index contributed by atoms with van der Waals surface area (Å²) in [6.45, 7) is 3.34. The third kappa shape index (κ3) is 3.54. The van der Waals surface area contributed by atoms with Crippen LogP contribution in [0.25, 0.3) is 0 Å². The van der Waals surface area contributed by atoms with E-state index in [4.69, 9.17) is 4.74 Å². The Morgan fingerprint density at radius 3 is 2.85 bits per heavy atom. The maximum absolute atomic E-state index is 5.51. The van der Waals surface area contributed by atoms with Crippen molar-refractivity contribution in [2.75, 3.05) is 20.2 Å². The molecule has 1 aliphatic heterocycles. The molecular weight excluding hydrogens is 316 g/mol. The van der Waals surface area contributed by atoms with Gasteiger partial charge in [-0.1, -0.05) is 15.9 Å². The van der Waals surface area contributed by atoms with E-state index in [9.17, 15) is 0 Å². The van der Waals surface area contributed by atoms with Gasteiger partial charge in [-0.05, 0) is 50.4 Å². The van der Waals surface area contributed by atoms with Gasteiger partial charge < -0.3 is 10.1 Å². The summed E-state index contributed by atoms with van der Waals surface area (Å²) in [6, 6.07) is 7.74. The molecule has 0 aromatic heterocycles. The van der Waals surface area contributed by atoms with Crippen LogP contribution in [0.15, 0.2) is 22.7 Å². The molecule has 1 unspecified atom stereocenters. The molecule has 4 heteroatoms. The number of hydrogen-bond donors (Lipinski definition) is 1. The van der Waals surface area contributed by atoms with Crippen molar-refractivity contribution in [1.82, 2.24) is 10.2 Å². The lowest BCUT2D eigenvalue weighted by Gasteiger charge is -2.26. The van der Waals surface area contributed by atoms with Crippen LogP contribution in [0.3, 0.4) is 0 Å². The first-order valence-electron chi connectivity index (χ1n) is 7.56. The highest BCUT2D eigenvalue weighted by Crippen LogP contribution is 2.32. The van der Waals surface area contributed by atoms with E-state index in [0.717, 1.165) is 22.8 Å². The molecule has 1 aromatic carbocycles. The van der Waals surface area contributed by atoms with E-state index in [-0.39, 0.29) is 0 Å². The molecule has 1 saturated carbocycles. The monoisotopic (exact) mass is 338 g/mol. The number of halogens is 1. The minimum atomic E-state index is 0.675. The molecular formula is C16H23BrN2O. The Balaban J connectivity index is 1.70. The Kier molecular flexibility index (Phi) is 4.64. The smallest absolute Gasteiger partial charge is 0.123 e. The predicted octanol–water partition coefficient (Wildman–Crippen LogP) is 3.17. The average Bonchev–Trinajstić information content (AvgIpc) is 3.17. The lowest BCUT2D eigenvalue weighted by molar-refractivity contribution is 0.228. The predicted molar refractivity (Wildman–Crippen MR) is 85.2 cm³/mol. The molecule has 0 radical (unpaired) electrons. The number of nitrogens with zero attached hydrogens (tertiary/aromatic N) is 1. The average molecular weight is 339 g/mol. The van der Waals surface area contributed by atoms with Crippen LogP contribution in [-0.2, 0) is 6.54 Å². The van der Waals surface area contributed by atoms with Crippen LogP contribution in [0.2, 0.25) is 0 Å². The van der Waals surface area contributed by atoms with Crippen LogP contribution in [0.1, 0.15) is 31.2 Å². The molecule has 0 spiro atoms. The Bertz CT molecular complexity index is 456. The van der Waals surface area contributed by atoms with Gasteiger partial charge in [0, 0.05) is 35.2 Å². The number of nitrogens with one attached hydrogen (secondary N) is 1. The van der Waals surface area contributed by atoms with Crippen LogP contribution in [0, 0.1) is 0 Å². The van der Waals surface area contributed by atoms with Gasteiger partial charge in [0.15, 0.2) is 0 Å². The molecule has 110 valence electrons. The minimum absolute atomic E-state index is 0.675. The first-order valence-corrected chi connectivity index (χ1v) is 8.35. The van der Waals surface area contributed by atoms with Crippen molar-refractivity contribution >= 4 is 15.9 Å². The summed E-state index contributed by atoms with van der Waals surface area (Å²) < 4.78 is 6.64. The van der Waals surface area contributed by atoms with E-state index < -0.39 is 0 Å². The van der Waals surface area contributed by atoms with Crippen molar-refractivity contribution in [3.8, 4) is 5.75 Å². The van der Waals surface area contributed by atoms with Gasteiger partial charge in [-0.3, -0.25) is 4.90 Å². The normalized spacial score (nSPS) is 22.4. The van der Waals surface area contributed by atoms with Crippen LogP contribution < -0.4 is 10.1 Å². The van der Waals surface area contributed by atoms with E-state index in [2.05, 4.69) is 38.3 Å². The van der Waals surface area contributed by atoms with Crippen molar-refractivity contribution in [1.29, 1.82) is 0 Å². The maximum Gasteiger partial charge on any atom is 0.123 e. The first-order chi connectivity index (χ1) is 9.76. The van der Waals surface area contributed by atoms with Crippen molar-refractivity contribution < 1.29 is 4.74 Å². The number of hydrogen-bond acceptors (Lipinski definition) is 3. The lowest BCUT2D eigenvalue weighted by atomic mass is 10.1. The van der Waals surface area contributed by atoms with E-state index in [0.29, 0.717) is 6.04 Å². The summed E-state index contributed by atoms with van der Waals surface area (Å²) in [4.78, 5) is 2.63. The number of ether oxygens (including phenoxy) is 1. The summed E-state index contributed by atoms with van der Waals surface area (Å²) in [5.74, 6) is 0.998. The van der Waals surface area contributed by atoms with E-state index in [1.807, 2.05) is 6.07 Å². The van der Waals surface area contributed by atoms with Gasteiger partial charge in [0.25, 0.3) is 0 Å². The highest BCUT2D eigenvalue weighted by Gasteiger charge is 2.31. The van der Waals surface area contributed by atoms with E-state index in [1.165, 1.54) is 44.3 Å². The Morgan fingerprint density at radius 1 is 1.35 bits per heavy atom. The van der Waals surface area contributed by atoms with E-state index >= 15 is 0 Å². The Hall–Kier alpha value is -0.580. The SMILES string of the molecule is COc1ccc(Br)cc1CN(CC1CCCN1)C1CC1. The van der Waals surface area contributed by atoms with Crippen LogP contribution >= 0.6 is 15.9 Å². The summed E-state index contributed by atoms with van der Waals surface area (Å²) in [5, 5.41) is 3.61. The van der Waals surface area contributed by atoms with Gasteiger partial charge >= 0.3 is 0 Å². The van der Waals surface area contributed by atoms with Gasteiger partial charge in [-0.25, -0.2) is 0 Å². The van der Waals surface area contributed by atoms with E-state index in [1.54, 1.807) is 7.11 Å². The maximum atomic E-state index is 5.51. The molecule has 1 atom stereocenters. The fourth-order valence-corrected chi connectivity index (χ4v) is 3.48. The minimum Gasteiger partial charge on any atom is -0.496 e. The van der Waals surface area contributed by atoms with Gasteiger partial charge in [0.2, 0.25) is 0 Å². The van der Waals surface area contributed by atoms with Crippen LogP contribution in [-0.4, -0.2) is 37.2 Å². The summed E-state index contributed by atoms with van der Waals surface area (Å²) in [7, 11) is 1.76. The van der Waals surface area contributed by atoms with Crippen molar-refractivity contribution in [2.45, 2.75) is 44.3 Å². The van der Waals surface area contributed by atoms with Gasteiger partial charge in [0.05, 0.1) is 7.11 Å². The first kappa shape index (κ1) is 14.4. The second-order valence-corrected chi connectivity index (χ2v) is 6.83. The van der Waals surface area contributed by atoms with Gasteiger partial charge in [-0.2, -0.15) is 0 Å². The second-order valence-electron chi connectivity index (χ2n) is 5.91. The van der Waals surface area contributed by atoms with Crippen molar-refractivity contribution in [3.05, 3.63) is 28.2 Å². The number of benzene rings is 1. The Labute approximate surface area is 129 Å². The van der Waals surface area contributed by atoms with Gasteiger partial charge in [0.1, 0.15) is 5.75 Å². The lowest BCUT2D eigenvalue weighted by Crippen LogP contribution is -2.38. The standard InChI is InChI=1S/C16H23BrN2O/c1-20-16-7-4-13(17)9-12(16)10-19(15-5-6-15)11-14-3-2-8-18-14/h4,7,9,14-15,18H,2-3,5-6,8,10-11H2,1H3. The molecule has 2 fully saturated rings. The third-order valence-corrected chi connectivity index (χ3v) is 4.79. The summed E-state index contributed by atoms with van der Waals surface area (Å²) in [5.41, 5.74) is 1.28. The van der Waals surface area contributed by atoms with Crippen LogP contribution in [0.5, 0.6) is 5.75 Å². The summed E-state index contributed by atoms with van der Waals surface area (Å²) >= 11 is 3.57. The molecule has 1 aromatic rings. The van der Waals surface area contributed by atoms with Crippen LogP contribution in [0.4, 0.5) is 0 Å². The second kappa shape index (κ2) is 6.46. The molecule has 0 bridgehead atoms. The topological polar surface area (TPSA) is 24.5 Å². The quantitative estimate of drug-likeness (QED) is 0.862. The zero-order chi connectivity index (χ0) is 13.9. The largest absolute Gasteiger partial charge is 0.496 e. The third-order valence-electron chi connectivity index (χ3n) is 4.30.